The van der Waals surface area contributed by atoms with Crippen molar-refractivity contribution < 1.29 is 24.1 Å². The van der Waals surface area contributed by atoms with Gasteiger partial charge in [0.05, 0.1) is 18.8 Å². The lowest BCUT2D eigenvalue weighted by Gasteiger charge is -2.05. The Balaban J connectivity index is 1.83. The molecule has 0 aliphatic carbocycles. The second-order valence-electron chi connectivity index (χ2n) is 6.30. The van der Waals surface area contributed by atoms with Gasteiger partial charge in [-0.05, 0) is 31.9 Å². The van der Waals surface area contributed by atoms with E-state index >= 15 is 0 Å². The van der Waals surface area contributed by atoms with Crippen molar-refractivity contribution >= 4 is 11.9 Å². The Kier molecular flexibility index (Phi) is 11.9. The smallest absolute Gasteiger partial charge is 0.373 e. The average molecular weight is 362 g/mol. The lowest BCUT2D eigenvalue weighted by molar-refractivity contribution is -0.241. The molecular formula is C21H30O5. The first-order valence-corrected chi connectivity index (χ1v) is 9.32. The Labute approximate surface area is 156 Å². The minimum Gasteiger partial charge on any atom is -0.462 e. The molecule has 0 unspecified atom stereocenters. The molecule has 0 heterocycles. The van der Waals surface area contributed by atoms with Gasteiger partial charge in [-0.1, -0.05) is 63.3 Å². The Morgan fingerprint density at radius 3 is 1.96 bits per heavy atom. The van der Waals surface area contributed by atoms with Crippen molar-refractivity contribution in [2.45, 2.75) is 58.3 Å². The standard InChI is InChI=1S/C21H30O5/c1-18(2)20(22)24-16-12-7-5-3-4-6-8-13-17-25-26-21(23)19-14-10-9-11-15-19/h9-11,14-15H,1,3-8,12-13,16-17H2,2H3. The number of rotatable bonds is 14. The van der Waals surface area contributed by atoms with Gasteiger partial charge in [-0.2, -0.15) is 4.89 Å². The summed E-state index contributed by atoms with van der Waals surface area (Å²) < 4.78 is 5.04. The normalized spacial score (nSPS) is 10.3. The summed E-state index contributed by atoms with van der Waals surface area (Å²) in [7, 11) is 0. The second kappa shape index (κ2) is 14.1. The zero-order valence-electron chi connectivity index (χ0n) is 15.7. The molecule has 0 atom stereocenters. The number of carbonyl (C=O) groups excluding carboxylic acids is 2. The fraction of sp³-hybridized carbons (Fsp3) is 0.524. The Hall–Kier alpha value is -2.14. The van der Waals surface area contributed by atoms with Crippen LogP contribution in [-0.4, -0.2) is 25.2 Å². The molecular weight excluding hydrogens is 332 g/mol. The molecule has 0 aliphatic rings. The SMILES string of the molecule is C=C(C)C(=O)OCCCCCCCCCCOOC(=O)c1ccccc1. The molecule has 144 valence electrons. The molecule has 0 amide bonds. The van der Waals surface area contributed by atoms with E-state index in [1.165, 1.54) is 12.8 Å². The molecule has 0 saturated carbocycles. The van der Waals surface area contributed by atoms with Crippen LogP contribution in [0.4, 0.5) is 0 Å². The van der Waals surface area contributed by atoms with Gasteiger partial charge < -0.3 is 4.74 Å². The number of hydrogen-bond donors (Lipinski definition) is 0. The van der Waals surface area contributed by atoms with Gasteiger partial charge in [-0.3, -0.25) is 4.89 Å². The zero-order valence-corrected chi connectivity index (χ0v) is 15.7. The Morgan fingerprint density at radius 2 is 1.38 bits per heavy atom. The number of benzene rings is 1. The molecule has 0 fully saturated rings. The van der Waals surface area contributed by atoms with Crippen LogP contribution in [0.5, 0.6) is 0 Å². The highest BCUT2D eigenvalue weighted by molar-refractivity contribution is 5.88. The number of carbonyl (C=O) groups is 2. The maximum absolute atomic E-state index is 11.6. The van der Waals surface area contributed by atoms with E-state index in [0.717, 1.165) is 38.5 Å². The van der Waals surface area contributed by atoms with Crippen molar-refractivity contribution in [3.05, 3.63) is 48.0 Å². The lowest BCUT2D eigenvalue weighted by atomic mass is 10.1. The second-order valence-corrected chi connectivity index (χ2v) is 6.30. The van der Waals surface area contributed by atoms with Gasteiger partial charge in [0, 0.05) is 5.57 Å². The fourth-order valence-electron chi connectivity index (χ4n) is 2.33. The third-order valence-electron chi connectivity index (χ3n) is 3.85. The molecule has 0 aromatic heterocycles. The van der Waals surface area contributed by atoms with Gasteiger partial charge in [-0.15, -0.1) is 0 Å². The molecule has 26 heavy (non-hydrogen) atoms. The molecule has 5 nitrogen and oxygen atoms in total. The van der Waals surface area contributed by atoms with Crippen LogP contribution >= 0.6 is 0 Å². The first kappa shape index (κ1) is 21.9. The van der Waals surface area contributed by atoms with E-state index in [1.54, 1.807) is 31.2 Å². The summed E-state index contributed by atoms with van der Waals surface area (Å²) in [6.07, 6.45) is 8.55. The topological polar surface area (TPSA) is 61.8 Å². The summed E-state index contributed by atoms with van der Waals surface area (Å²) in [4.78, 5) is 32.5. The van der Waals surface area contributed by atoms with Crippen molar-refractivity contribution in [2.75, 3.05) is 13.2 Å². The van der Waals surface area contributed by atoms with Crippen molar-refractivity contribution in [3.8, 4) is 0 Å². The van der Waals surface area contributed by atoms with E-state index in [0.29, 0.717) is 24.4 Å². The maximum Gasteiger partial charge on any atom is 0.373 e. The van der Waals surface area contributed by atoms with Crippen LogP contribution in [0.25, 0.3) is 0 Å². The Bertz CT molecular complexity index is 539. The van der Waals surface area contributed by atoms with Gasteiger partial charge >= 0.3 is 11.9 Å². The molecule has 0 saturated heterocycles. The van der Waals surface area contributed by atoms with E-state index < -0.39 is 5.97 Å². The minimum atomic E-state index is -0.459. The van der Waals surface area contributed by atoms with E-state index in [2.05, 4.69) is 6.58 Å². The van der Waals surface area contributed by atoms with Gasteiger partial charge in [0.15, 0.2) is 0 Å². The van der Waals surface area contributed by atoms with Crippen molar-refractivity contribution in [3.63, 3.8) is 0 Å². The minimum absolute atomic E-state index is 0.304. The van der Waals surface area contributed by atoms with Crippen LogP contribution in [0, 0.1) is 0 Å². The van der Waals surface area contributed by atoms with Crippen LogP contribution in [0.2, 0.25) is 0 Å². The maximum atomic E-state index is 11.6. The van der Waals surface area contributed by atoms with Gasteiger partial charge in [0.2, 0.25) is 0 Å². The number of ether oxygens (including phenoxy) is 1. The summed E-state index contributed by atoms with van der Waals surface area (Å²) in [6.45, 7) is 6.10. The zero-order chi connectivity index (χ0) is 19.0. The monoisotopic (exact) mass is 362 g/mol. The molecule has 5 heteroatoms. The lowest BCUT2D eigenvalue weighted by Crippen LogP contribution is -2.06. The number of esters is 1. The largest absolute Gasteiger partial charge is 0.462 e. The molecule has 1 aromatic carbocycles. The quantitative estimate of drug-likeness (QED) is 0.153. The van der Waals surface area contributed by atoms with Crippen LogP contribution in [-0.2, 0) is 19.3 Å². The van der Waals surface area contributed by atoms with Crippen LogP contribution < -0.4 is 0 Å². The molecule has 0 radical (unpaired) electrons. The van der Waals surface area contributed by atoms with E-state index in [4.69, 9.17) is 14.5 Å². The van der Waals surface area contributed by atoms with Crippen LogP contribution in [0.15, 0.2) is 42.5 Å². The molecule has 0 aliphatic heterocycles. The van der Waals surface area contributed by atoms with E-state index in [-0.39, 0.29) is 5.97 Å². The van der Waals surface area contributed by atoms with E-state index in [1.807, 2.05) is 6.07 Å². The van der Waals surface area contributed by atoms with E-state index in [9.17, 15) is 9.59 Å². The molecule has 0 N–H and O–H groups in total. The van der Waals surface area contributed by atoms with Crippen molar-refractivity contribution in [1.82, 2.24) is 0 Å². The molecule has 0 spiro atoms. The summed E-state index contributed by atoms with van der Waals surface area (Å²) in [5.74, 6) is -0.763. The third kappa shape index (κ3) is 10.7. The summed E-state index contributed by atoms with van der Waals surface area (Å²) in [5.41, 5.74) is 0.936. The third-order valence-corrected chi connectivity index (χ3v) is 3.85. The first-order valence-electron chi connectivity index (χ1n) is 9.32. The molecule has 1 rings (SSSR count). The predicted molar refractivity (Wildman–Crippen MR) is 101 cm³/mol. The summed E-state index contributed by atoms with van der Waals surface area (Å²) in [6, 6.07) is 8.79. The summed E-state index contributed by atoms with van der Waals surface area (Å²) >= 11 is 0. The van der Waals surface area contributed by atoms with Crippen molar-refractivity contribution in [1.29, 1.82) is 0 Å². The van der Waals surface area contributed by atoms with Crippen LogP contribution in [0.3, 0.4) is 0 Å². The number of hydrogen-bond acceptors (Lipinski definition) is 5. The fourth-order valence-corrected chi connectivity index (χ4v) is 2.33. The van der Waals surface area contributed by atoms with Gasteiger partial charge in [0.25, 0.3) is 0 Å². The van der Waals surface area contributed by atoms with Crippen molar-refractivity contribution in [2.24, 2.45) is 0 Å². The summed E-state index contributed by atoms with van der Waals surface area (Å²) in [5, 5.41) is 0. The average Bonchev–Trinajstić information content (AvgIpc) is 2.65. The number of unbranched alkanes of at least 4 members (excludes halogenated alkanes) is 7. The molecule has 0 bridgehead atoms. The predicted octanol–water partition coefficient (Wildman–Crippen LogP) is 5.02. The highest BCUT2D eigenvalue weighted by atomic mass is 17.2. The highest BCUT2D eigenvalue weighted by Gasteiger charge is 2.06. The Morgan fingerprint density at radius 1 is 0.846 bits per heavy atom. The molecule has 1 aromatic rings. The van der Waals surface area contributed by atoms with Gasteiger partial charge in [-0.25, -0.2) is 9.59 Å². The van der Waals surface area contributed by atoms with Crippen LogP contribution in [0.1, 0.15) is 68.6 Å². The van der Waals surface area contributed by atoms with Gasteiger partial charge in [0.1, 0.15) is 0 Å². The highest BCUT2D eigenvalue weighted by Crippen LogP contribution is 2.09. The first-order chi connectivity index (χ1) is 12.6.